The summed E-state index contributed by atoms with van der Waals surface area (Å²) in [6.45, 7) is 2.15. The third-order valence-electron chi connectivity index (χ3n) is 2.39. The van der Waals surface area contributed by atoms with Gasteiger partial charge in [0.25, 0.3) is 0 Å². The van der Waals surface area contributed by atoms with Crippen molar-refractivity contribution in [3.63, 3.8) is 0 Å². The molecular weight excluding hydrogens is 184 g/mol. The lowest BCUT2D eigenvalue weighted by molar-refractivity contribution is -0.114. The van der Waals surface area contributed by atoms with Crippen LogP contribution < -0.4 is 17.2 Å². The second kappa shape index (κ2) is 4.59. The van der Waals surface area contributed by atoms with Gasteiger partial charge in [0.15, 0.2) is 5.96 Å². The first kappa shape index (κ1) is 11.2. The summed E-state index contributed by atoms with van der Waals surface area (Å²) in [4.78, 5) is 3.80. The van der Waals surface area contributed by atoms with Gasteiger partial charge in [-0.05, 0) is 13.3 Å². The Morgan fingerprint density at radius 3 is 2.79 bits per heavy atom. The van der Waals surface area contributed by atoms with Gasteiger partial charge in [-0.3, -0.25) is 4.99 Å². The lowest BCUT2D eigenvalue weighted by atomic mass is 9.97. The van der Waals surface area contributed by atoms with Crippen molar-refractivity contribution < 1.29 is 9.84 Å². The van der Waals surface area contributed by atoms with Crippen LogP contribution in [0.3, 0.4) is 0 Å². The van der Waals surface area contributed by atoms with Crippen LogP contribution in [-0.2, 0) is 4.74 Å². The smallest absolute Gasteiger partial charge is 0.186 e. The van der Waals surface area contributed by atoms with Crippen molar-refractivity contribution >= 4 is 5.96 Å². The van der Waals surface area contributed by atoms with Crippen LogP contribution in [0.1, 0.15) is 13.3 Å². The molecule has 6 nitrogen and oxygen atoms in total. The van der Waals surface area contributed by atoms with Gasteiger partial charge in [-0.1, -0.05) is 0 Å². The summed E-state index contributed by atoms with van der Waals surface area (Å²) >= 11 is 0. The lowest BCUT2D eigenvalue weighted by Crippen LogP contribution is -2.51. The van der Waals surface area contributed by atoms with Gasteiger partial charge in [-0.25, -0.2) is 0 Å². The van der Waals surface area contributed by atoms with Gasteiger partial charge in [0.1, 0.15) is 6.10 Å². The first-order valence-corrected chi connectivity index (χ1v) is 4.65. The van der Waals surface area contributed by atoms with E-state index in [1.54, 1.807) is 0 Å². The Morgan fingerprint density at radius 2 is 2.21 bits per heavy atom. The molecule has 0 bridgehead atoms. The van der Waals surface area contributed by atoms with Crippen molar-refractivity contribution in [1.29, 1.82) is 0 Å². The molecule has 0 aromatic carbocycles. The number of nitrogens with zero attached hydrogens (tertiary/aromatic N) is 1. The monoisotopic (exact) mass is 202 g/mol. The highest BCUT2D eigenvalue weighted by Gasteiger charge is 2.32. The third kappa shape index (κ3) is 2.83. The number of nitrogens with two attached hydrogens (primary N) is 3. The maximum Gasteiger partial charge on any atom is 0.186 e. The van der Waals surface area contributed by atoms with Crippen LogP contribution in [-0.4, -0.2) is 42.0 Å². The molecule has 4 atom stereocenters. The summed E-state index contributed by atoms with van der Waals surface area (Å²) in [7, 11) is 0. The Bertz CT molecular complexity index is 217. The molecule has 1 aliphatic heterocycles. The molecule has 14 heavy (non-hydrogen) atoms. The van der Waals surface area contributed by atoms with E-state index in [0.29, 0.717) is 6.42 Å². The summed E-state index contributed by atoms with van der Waals surface area (Å²) in [6.07, 6.45) is -0.500. The van der Waals surface area contributed by atoms with Gasteiger partial charge in [0, 0.05) is 6.04 Å². The zero-order valence-electron chi connectivity index (χ0n) is 8.26. The van der Waals surface area contributed by atoms with Gasteiger partial charge >= 0.3 is 0 Å². The lowest BCUT2D eigenvalue weighted by Gasteiger charge is -2.35. The van der Waals surface area contributed by atoms with Gasteiger partial charge in [0.05, 0.1) is 18.8 Å². The topological polar surface area (TPSA) is 120 Å². The quantitative estimate of drug-likeness (QED) is 0.309. The van der Waals surface area contributed by atoms with Crippen LogP contribution >= 0.6 is 0 Å². The van der Waals surface area contributed by atoms with Crippen molar-refractivity contribution in [2.24, 2.45) is 22.2 Å². The number of aliphatic hydroxyl groups is 1. The number of rotatable bonds is 2. The van der Waals surface area contributed by atoms with Crippen LogP contribution in [0.5, 0.6) is 0 Å². The third-order valence-corrected chi connectivity index (χ3v) is 2.39. The van der Waals surface area contributed by atoms with E-state index < -0.39 is 6.10 Å². The highest BCUT2D eigenvalue weighted by atomic mass is 16.5. The molecule has 1 saturated heterocycles. The molecule has 7 N–H and O–H groups in total. The summed E-state index contributed by atoms with van der Waals surface area (Å²) < 4.78 is 5.47. The average molecular weight is 202 g/mol. The number of hydrogen-bond acceptors (Lipinski definition) is 4. The molecule has 0 radical (unpaired) electrons. The molecule has 0 amide bonds. The zero-order chi connectivity index (χ0) is 10.7. The van der Waals surface area contributed by atoms with E-state index in [-0.39, 0.29) is 30.8 Å². The van der Waals surface area contributed by atoms with Crippen molar-refractivity contribution in [2.75, 3.05) is 6.54 Å². The highest BCUT2D eigenvalue weighted by Crippen LogP contribution is 2.18. The Balaban J connectivity index is 2.49. The molecule has 1 heterocycles. The maximum atomic E-state index is 9.61. The first-order valence-electron chi connectivity index (χ1n) is 4.65. The molecular formula is C8H18N4O2. The molecule has 6 heteroatoms. The van der Waals surface area contributed by atoms with Crippen LogP contribution in [0.4, 0.5) is 0 Å². The SMILES string of the molecule is C[C@H]1O[C@H](CN=C(N)N)[C@@H](O)C[C@H]1N. The molecule has 0 unspecified atom stereocenters. The predicted molar refractivity (Wildman–Crippen MR) is 53.6 cm³/mol. The summed E-state index contributed by atoms with van der Waals surface area (Å²) in [6, 6.07) is -0.125. The second-order valence-electron chi connectivity index (χ2n) is 3.61. The molecule has 1 rings (SSSR count). The molecule has 0 spiro atoms. The largest absolute Gasteiger partial charge is 0.390 e. The Hall–Kier alpha value is -0.850. The second-order valence-corrected chi connectivity index (χ2v) is 3.61. The molecule has 82 valence electrons. The standard InChI is InChI=1S/C8H18N4O2/c1-4-5(9)2-6(13)7(14-4)3-12-8(10)11/h4-7,13H,2-3,9H2,1H3,(H4,10,11,12)/t4-,5-,6+,7-/m1/s1. The minimum Gasteiger partial charge on any atom is -0.390 e. The summed E-state index contributed by atoms with van der Waals surface area (Å²) in [5.41, 5.74) is 16.1. The fraction of sp³-hybridized carbons (Fsp3) is 0.875. The Morgan fingerprint density at radius 1 is 1.57 bits per heavy atom. The minimum atomic E-state index is -0.593. The van der Waals surface area contributed by atoms with E-state index in [2.05, 4.69) is 4.99 Å². The fourth-order valence-electron chi connectivity index (χ4n) is 1.45. The molecule has 0 aliphatic carbocycles. The molecule has 0 saturated carbocycles. The number of ether oxygens (including phenoxy) is 1. The van der Waals surface area contributed by atoms with Gasteiger partial charge in [0.2, 0.25) is 0 Å². The van der Waals surface area contributed by atoms with Crippen LogP contribution in [0.2, 0.25) is 0 Å². The zero-order valence-corrected chi connectivity index (χ0v) is 8.26. The summed E-state index contributed by atoms with van der Waals surface area (Å²) in [5, 5.41) is 9.61. The van der Waals surface area contributed by atoms with E-state index in [4.69, 9.17) is 21.9 Å². The van der Waals surface area contributed by atoms with Crippen LogP contribution in [0, 0.1) is 0 Å². The number of guanidine groups is 1. The van der Waals surface area contributed by atoms with Crippen molar-refractivity contribution in [3.8, 4) is 0 Å². The minimum absolute atomic E-state index is 0.00308. The van der Waals surface area contributed by atoms with E-state index >= 15 is 0 Å². The molecule has 0 aromatic rings. The van der Waals surface area contributed by atoms with Gasteiger partial charge < -0.3 is 27.0 Å². The van der Waals surface area contributed by atoms with E-state index in [1.165, 1.54) is 0 Å². The van der Waals surface area contributed by atoms with E-state index in [1.807, 2.05) is 6.92 Å². The molecule has 0 aromatic heterocycles. The summed E-state index contributed by atoms with van der Waals surface area (Å²) in [5.74, 6) is 0.00308. The van der Waals surface area contributed by atoms with E-state index in [0.717, 1.165) is 0 Å². The average Bonchev–Trinajstić information content (AvgIpc) is 2.09. The fourth-order valence-corrected chi connectivity index (χ4v) is 1.45. The number of aliphatic imine (C=N–C) groups is 1. The van der Waals surface area contributed by atoms with E-state index in [9.17, 15) is 5.11 Å². The number of aliphatic hydroxyl groups excluding tert-OH is 1. The van der Waals surface area contributed by atoms with Crippen molar-refractivity contribution in [1.82, 2.24) is 0 Å². The molecule has 1 fully saturated rings. The number of hydrogen-bond donors (Lipinski definition) is 4. The Kier molecular flexibility index (Phi) is 3.68. The predicted octanol–water partition coefficient (Wildman–Crippen LogP) is -1.87. The molecule has 1 aliphatic rings. The highest BCUT2D eigenvalue weighted by molar-refractivity contribution is 5.75. The van der Waals surface area contributed by atoms with Crippen LogP contribution in [0.25, 0.3) is 0 Å². The van der Waals surface area contributed by atoms with Crippen molar-refractivity contribution in [2.45, 2.75) is 37.7 Å². The Labute approximate surface area is 83.1 Å². The van der Waals surface area contributed by atoms with Crippen LogP contribution in [0.15, 0.2) is 4.99 Å². The first-order chi connectivity index (χ1) is 6.50. The normalized spacial score (nSPS) is 37.9. The van der Waals surface area contributed by atoms with Crippen molar-refractivity contribution in [3.05, 3.63) is 0 Å². The van der Waals surface area contributed by atoms with Gasteiger partial charge in [-0.2, -0.15) is 0 Å². The maximum absolute atomic E-state index is 9.61. The van der Waals surface area contributed by atoms with Gasteiger partial charge in [-0.15, -0.1) is 0 Å².